The molecule has 2 amide bonds. The molecule has 1 heterocycles. The molecule has 0 aromatic carbocycles. The van der Waals surface area contributed by atoms with E-state index in [2.05, 4.69) is 20.6 Å². The summed E-state index contributed by atoms with van der Waals surface area (Å²) >= 11 is 5.73. The van der Waals surface area contributed by atoms with E-state index >= 15 is 0 Å². The molecule has 2 N–H and O–H groups in total. The summed E-state index contributed by atoms with van der Waals surface area (Å²) in [6, 6.07) is 0.370. The van der Waals surface area contributed by atoms with Crippen molar-refractivity contribution >= 4 is 17.6 Å². The Morgan fingerprint density at radius 2 is 2.00 bits per heavy atom. The van der Waals surface area contributed by atoms with Crippen LogP contribution in [0.25, 0.3) is 0 Å². The molecule has 1 fully saturated rings. The van der Waals surface area contributed by atoms with Crippen LogP contribution in [0.2, 0.25) is 5.02 Å². The quantitative estimate of drug-likeness (QED) is 0.777. The molecule has 0 bridgehead atoms. The van der Waals surface area contributed by atoms with Gasteiger partial charge in [-0.25, -0.2) is 14.8 Å². The molecule has 2 rings (SSSR count). The fourth-order valence-electron chi connectivity index (χ4n) is 2.34. The maximum atomic E-state index is 11.6. The highest BCUT2D eigenvalue weighted by Crippen LogP contribution is 2.22. The maximum absolute atomic E-state index is 11.6. The number of urea groups is 1. The van der Waals surface area contributed by atoms with Crippen LogP contribution in [0.1, 0.15) is 25.7 Å². The number of hydrogen-bond acceptors (Lipinski definition) is 5. The molecule has 0 unspecified atom stereocenters. The summed E-state index contributed by atoms with van der Waals surface area (Å²) < 4.78 is 10.6. The predicted octanol–water partition coefficient (Wildman–Crippen LogP) is 1.77. The van der Waals surface area contributed by atoms with Crippen LogP contribution < -0.4 is 15.4 Å². The van der Waals surface area contributed by atoms with Crippen LogP contribution in [-0.4, -0.2) is 48.4 Å². The Hall–Kier alpha value is -1.60. The lowest BCUT2D eigenvalue weighted by atomic mass is 9.93. The molecule has 122 valence electrons. The third-order valence-corrected chi connectivity index (χ3v) is 3.67. The van der Waals surface area contributed by atoms with Crippen molar-refractivity contribution < 1.29 is 14.3 Å². The second-order valence-electron chi connectivity index (χ2n) is 5.17. The van der Waals surface area contributed by atoms with Gasteiger partial charge in [0.25, 0.3) is 0 Å². The molecule has 0 atom stereocenters. The summed E-state index contributed by atoms with van der Waals surface area (Å²) in [5.41, 5.74) is 0. The molecule has 1 aliphatic rings. The highest BCUT2D eigenvalue weighted by atomic mass is 35.5. The van der Waals surface area contributed by atoms with E-state index in [1.165, 1.54) is 12.4 Å². The first-order valence-electron chi connectivity index (χ1n) is 7.35. The number of nitrogens with one attached hydrogen (secondary N) is 2. The summed E-state index contributed by atoms with van der Waals surface area (Å²) in [4.78, 5) is 19.7. The standard InChI is InChI=1S/C14H21ClN4O3/c1-21-7-6-16-13(20)19-11-2-4-12(5-3-11)22-14-17-8-10(15)9-18-14/h8-9,11-12H,2-7H2,1H3,(H2,16,19,20). The minimum absolute atomic E-state index is 0.0794. The van der Waals surface area contributed by atoms with Crippen LogP contribution in [-0.2, 0) is 4.74 Å². The zero-order valence-corrected chi connectivity index (χ0v) is 13.3. The number of halogens is 1. The van der Waals surface area contributed by atoms with Crippen LogP contribution in [0.3, 0.4) is 0 Å². The summed E-state index contributed by atoms with van der Waals surface area (Å²) in [7, 11) is 1.60. The number of rotatable bonds is 6. The molecular weight excluding hydrogens is 308 g/mol. The molecule has 22 heavy (non-hydrogen) atoms. The van der Waals surface area contributed by atoms with Gasteiger partial charge in [0.2, 0.25) is 0 Å². The number of nitrogens with zero attached hydrogens (tertiary/aromatic N) is 2. The Bertz CT molecular complexity index is 464. The topological polar surface area (TPSA) is 85.4 Å². The zero-order valence-electron chi connectivity index (χ0n) is 12.5. The Kier molecular flexibility index (Phi) is 6.67. The molecule has 8 heteroatoms. The van der Waals surface area contributed by atoms with Gasteiger partial charge in [0.1, 0.15) is 6.10 Å². The van der Waals surface area contributed by atoms with Crippen LogP contribution in [0.5, 0.6) is 6.01 Å². The monoisotopic (exact) mass is 328 g/mol. The second kappa shape index (κ2) is 8.75. The van der Waals surface area contributed by atoms with Crippen molar-refractivity contribution in [1.82, 2.24) is 20.6 Å². The molecule has 0 aliphatic heterocycles. The van der Waals surface area contributed by atoms with Crippen molar-refractivity contribution in [3.05, 3.63) is 17.4 Å². The van der Waals surface area contributed by atoms with E-state index in [0.717, 1.165) is 25.7 Å². The molecule has 0 radical (unpaired) electrons. The molecular formula is C14H21ClN4O3. The molecule has 7 nitrogen and oxygen atoms in total. The van der Waals surface area contributed by atoms with Gasteiger partial charge in [-0.3, -0.25) is 0 Å². The molecule has 0 saturated heterocycles. The van der Waals surface area contributed by atoms with Gasteiger partial charge >= 0.3 is 12.0 Å². The SMILES string of the molecule is COCCNC(=O)NC1CCC(Oc2ncc(Cl)cn2)CC1. The molecule has 1 saturated carbocycles. The Balaban J connectivity index is 1.67. The Labute approximate surface area is 134 Å². The molecule has 1 aromatic rings. The second-order valence-corrected chi connectivity index (χ2v) is 5.60. The molecule has 1 aliphatic carbocycles. The van der Waals surface area contributed by atoms with Gasteiger partial charge in [-0.15, -0.1) is 0 Å². The maximum Gasteiger partial charge on any atom is 0.316 e. The largest absolute Gasteiger partial charge is 0.460 e. The van der Waals surface area contributed by atoms with Crippen molar-refractivity contribution in [1.29, 1.82) is 0 Å². The van der Waals surface area contributed by atoms with E-state index in [-0.39, 0.29) is 18.2 Å². The van der Waals surface area contributed by atoms with Crippen LogP contribution >= 0.6 is 11.6 Å². The number of hydrogen-bond donors (Lipinski definition) is 2. The highest BCUT2D eigenvalue weighted by Gasteiger charge is 2.24. The predicted molar refractivity (Wildman–Crippen MR) is 82.1 cm³/mol. The summed E-state index contributed by atoms with van der Waals surface area (Å²) in [6.45, 7) is 1.02. The fraction of sp³-hybridized carbons (Fsp3) is 0.643. The van der Waals surface area contributed by atoms with Gasteiger partial charge in [-0.05, 0) is 25.7 Å². The van der Waals surface area contributed by atoms with E-state index in [9.17, 15) is 4.79 Å². The van der Waals surface area contributed by atoms with Gasteiger partial charge in [0.15, 0.2) is 0 Å². The number of ether oxygens (including phenoxy) is 2. The van der Waals surface area contributed by atoms with E-state index in [1.807, 2.05) is 0 Å². The van der Waals surface area contributed by atoms with E-state index in [1.54, 1.807) is 7.11 Å². The first kappa shape index (κ1) is 16.8. The first-order chi connectivity index (χ1) is 10.7. The number of aromatic nitrogens is 2. The number of carbonyl (C=O) groups excluding carboxylic acids is 1. The fourth-order valence-corrected chi connectivity index (χ4v) is 2.44. The summed E-state index contributed by atoms with van der Waals surface area (Å²) in [5, 5.41) is 6.19. The number of amides is 2. The van der Waals surface area contributed by atoms with E-state index in [4.69, 9.17) is 21.1 Å². The number of methoxy groups -OCH3 is 1. The average molecular weight is 329 g/mol. The summed E-state index contributed by atoms with van der Waals surface area (Å²) in [6.07, 6.45) is 6.56. The zero-order chi connectivity index (χ0) is 15.8. The Morgan fingerprint density at radius 1 is 1.32 bits per heavy atom. The van der Waals surface area contributed by atoms with Gasteiger partial charge in [-0.2, -0.15) is 0 Å². The third kappa shape index (κ3) is 5.65. The van der Waals surface area contributed by atoms with Gasteiger partial charge in [0.05, 0.1) is 24.0 Å². The van der Waals surface area contributed by atoms with Crippen LogP contribution in [0, 0.1) is 0 Å². The lowest BCUT2D eigenvalue weighted by Gasteiger charge is -2.28. The van der Waals surface area contributed by atoms with Crippen LogP contribution in [0.4, 0.5) is 4.79 Å². The smallest absolute Gasteiger partial charge is 0.316 e. The number of carbonyl (C=O) groups is 1. The van der Waals surface area contributed by atoms with Crippen molar-refractivity contribution in [3.63, 3.8) is 0 Å². The normalized spacial score (nSPS) is 21.2. The van der Waals surface area contributed by atoms with Gasteiger partial charge < -0.3 is 20.1 Å². The van der Waals surface area contributed by atoms with Crippen LogP contribution in [0.15, 0.2) is 12.4 Å². The highest BCUT2D eigenvalue weighted by molar-refractivity contribution is 6.30. The lowest BCUT2D eigenvalue weighted by molar-refractivity contribution is 0.128. The first-order valence-corrected chi connectivity index (χ1v) is 7.72. The minimum atomic E-state index is -0.151. The Morgan fingerprint density at radius 3 is 2.64 bits per heavy atom. The minimum Gasteiger partial charge on any atom is -0.460 e. The van der Waals surface area contributed by atoms with Gasteiger partial charge in [-0.1, -0.05) is 11.6 Å². The lowest BCUT2D eigenvalue weighted by Crippen LogP contribution is -2.45. The summed E-state index contributed by atoms with van der Waals surface area (Å²) in [5.74, 6) is 0. The van der Waals surface area contributed by atoms with Crippen molar-refractivity contribution in [3.8, 4) is 6.01 Å². The van der Waals surface area contributed by atoms with Gasteiger partial charge in [0, 0.05) is 19.7 Å². The van der Waals surface area contributed by atoms with Crippen molar-refractivity contribution in [2.24, 2.45) is 0 Å². The van der Waals surface area contributed by atoms with Crippen molar-refractivity contribution in [2.75, 3.05) is 20.3 Å². The third-order valence-electron chi connectivity index (χ3n) is 3.47. The molecule has 0 spiro atoms. The van der Waals surface area contributed by atoms with E-state index in [0.29, 0.717) is 24.2 Å². The average Bonchev–Trinajstić information content (AvgIpc) is 2.52. The molecule has 1 aromatic heterocycles. The van der Waals surface area contributed by atoms with Crippen molar-refractivity contribution in [2.45, 2.75) is 37.8 Å². The van der Waals surface area contributed by atoms with E-state index < -0.39 is 0 Å².